The molecule has 2 saturated heterocycles. The van der Waals surface area contributed by atoms with Gasteiger partial charge in [-0.05, 0) is 32.2 Å². The number of nitrogen functional groups attached to an aromatic ring is 1. The zero-order chi connectivity index (χ0) is 11.7. The first-order valence-corrected chi connectivity index (χ1v) is 6.40. The molecule has 3 rings (SSSR count). The number of fused-ring (bicyclic) bond motifs is 1. The van der Waals surface area contributed by atoms with E-state index in [1.165, 1.54) is 38.8 Å². The van der Waals surface area contributed by atoms with Crippen LogP contribution in [0.15, 0.2) is 12.4 Å². The maximum Gasteiger partial charge on any atom is 0.169 e. The van der Waals surface area contributed by atoms with Crippen LogP contribution in [0.25, 0.3) is 0 Å². The Kier molecular flexibility index (Phi) is 2.84. The Balaban J connectivity index is 1.64. The van der Waals surface area contributed by atoms with Gasteiger partial charge in [-0.1, -0.05) is 0 Å². The minimum absolute atomic E-state index is 0.494. The maximum absolute atomic E-state index is 5.80. The standard InChI is InChI=1S/C12H19N5/c13-11-12(15-5-4-14-11)16-9-3-7-17-6-1-2-10(17)8-9/h4-5,9-10H,1-3,6-8H2,(H2,13,14)(H,15,16). The number of hydrogen-bond donors (Lipinski definition) is 2. The summed E-state index contributed by atoms with van der Waals surface area (Å²) in [6, 6.07) is 1.26. The maximum atomic E-state index is 5.80. The molecule has 2 aliphatic rings. The summed E-state index contributed by atoms with van der Waals surface area (Å²) < 4.78 is 0. The first-order valence-electron chi connectivity index (χ1n) is 6.40. The summed E-state index contributed by atoms with van der Waals surface area (Å²) >= 11 is 0. The van der Waals surface area contributed by atoms with Gasteiger partial charge in [0.2, 0.25) is 0 Å². The molecule has 2 fully saturated rings. The van der Waals surface area contributed by atoms with Gasteiger partial charge in [0.05, 0.1) is 0 Å². The van der Waals surface area contributed by atoms with Gasteiger partial charge in [-0.3, -0.25) is 0 Å². The topological polar surface area (TPSA) is 67.1 Å². The fraction of sp³-hybridized carbons (Fsp3) is 0.667. The van der Waals surface area contributed by atoms with Crippen LogP contribution in [0.4, 0.5) is 11.6 Å². The summed E-state index contributed by atoms with van der Waals surface area (Å²) in [5.41, 5.74) is 5.80. The highest BCUT2D eigenvalue weighted by molar-refractivity contribution is 5.55. The number of aromatic nitrogens is 2. The van der Waals surface area contributed by atoms with E-state index < -0.39 is 0 Å². The molecule has 0 bridgehead atoms. The van der Waals surface area contributed by atoms with E-state index in [0.29, 0.717) is 11.9 Å². The van der Waals surface area contributed by atoms with Crippen LogP contribution in [0.3, 0.4) is 0 Å². The number of nitrogens with two attached hydrogens (primary N) is 1. The predicted octanol–water partition coefficient (Wildman–Crippen LogP) is 1.10. The van der Waals surface area contributed by atoms with E-state index >= 15 is 0 Å². The Labute approximate surface area is 101 Å². The zero-order valence-corrected chi connectivity index (χ0v) is 9.97. The van der Waals surface area contributed by atoms with Gasteiger partial charge in [-0.25, -0.2) is 9.97 Å². The van der Waals surface area contributed by atoms with Crippen LogP contribution in [0, 0.1) is 0 Å². The second-order valence-electron chi connectivity index (χ2n) is 4.99. The molecule has 5 nitrogen and oxygen atoms in total. The number of nitrogens with zero attached hydrogens (tertiary/aromatic N) is 3. The van der Waals surface area contributed by atoms with E-state index in [4.69, 9.17) is 5.73 Å². The molecule has 5 heteroatoms. The van der Waals surface area contributed by atoms with Crippen LogP contribution >= 0.6 is 0 Å². The van der Waals surface area contributed by atoms with Crippen molar-refractivity contribution in [1.29, 1.82) is 0 Å². The number of piperidine rings is 1. The Bertz CT molecular complexity index is 394. The van der Waals surface area contributed by atoms with Gasteiger partial charge >= 0.3 is 0 Å². The van der Waals surface area contributed by atoms with Gasteiger partial charge < -0.3 is 16.0 Å². The summed E-state index contributed by atoms with van der Waals surface area (Å²) in [4.78, 5) is 10.9. The lowest BCUT2D eigenvalue weighted by Gasteiger charge is -2.35. The molecule has 0 aromatic carbocycles. The van der Waals surface area contributed by atoms with Crippen molar-refractivity contribution in [3.8, 4) is 0 Å². The van der Waals surface area contributed by atoms with E-state index in [2.05, 4.69) is 20.2 Å². The lowest BCUT2D eigenvalue weighted by atomic mass is 9.97. The lowest BCUT2D eigenvalue weighted by molar-refractivity contribution is 0.188. The summed E-state index contributed by atoms with van der Waals surface area (Å²) in [6.07, 6.45) is 8.38. The molecule has 3 N–H and O–H groups in total. The molecule has 17 heavy (non-hydrogen) atoms. The van der Waals surface area contributed by atoms with Crippen molar-refractivity contribution in [2.45, 2.75) is 37.8 Å². The van der Waals surface area contributed by atoms with Crippen molar-refractivity contribution in [3.63, 3.8) is 0 Å². The smallest absolute Gasteiger partial charge is 0.169 e. The van der Waals surface area contributed by atoms with Gasteiger partial charge in [0, 0.05) is 31.0 Å². The van der Waals surface area contributed by atoms with Crippen LogP contribution in [-0.2, 0) is 0 Å². The van der Waals surface area contributed by atoms with Crippen molar-refractivity contribution < 1.29 is 0 Å². The normalized spacial score (nSPS) is 28.9. The van der Waals surface area contributed by atoms with Crippen molar-refractivity contribution in [2.75, 3.05) is 24.1 Å². The molecule has 1 aromatic rings. The third-order valence-electron chi connectivity index (χ3n) is 3.89. The highest BCUT2D eigenvalue weighted by Gasteiger charge is 2.31. The van der Waals surface area contributed by atoms with Crippen molar-refractivity contribution >= 4 is 11.6 Å². The molecule has 2 atom stereocenters. The predicted molar refractivity (Wildman–Crippen MR) is 67.7 cm³/mol. The molecule has 0 spiro atoms. The summed E-state index contributed by atoms with van der Waals surface area (Å²) in [5, 5.41) is 3.44. The van der Waals surface area contributed by atoms with Gasteiger partial charge in [0.1, 0.15) is 0 Å². The zero-order valence-electron chi connectivity index (χ0n) is 9.97. The van der Waals surface area contributed by atoms with Gasteiger partial charge in [0.25, 0.3) is 0 Å². The highest BCUT2D eigenvalue weighted by Crippen LogP contribution is 2.28. The fourth-order valence-electron chi connectivity index (χ4n) is 3.01. The number of hydrogen-bond acceptors (Lipinski definition) is 5. The van der Waals surface area contributed by atoms with Gasteiger partial charge in [0.15, 0.2) is 11.6 Å². The SMILES string of the molecule is Nc1nccnc1NC1CCN2CCCC2C1. The summed E-state index contributed by atoms with van der Waals surface area (Å²) in [7, 11) is 0. The number of anilines is 2. The molecular formula is C12H19N5. The number of nitrogens with one attached hydrogen (secondary N) is 1. The third-order valence-corrected chi connectivity index (χ3v) is 3.89. The second kappa shape index (κ2) is 4.49. The molecule has 3 heterocycles. The Hall–Kier alpha value is -1.36. The number of rotatable bonds is 2. The molecular weight excluding hydrogens is 214 g/mol. The quantitative estimate of drug-likeness (QED) is 0.800. The second-order valence-corrected chi connectivity index (χ2v) is 4.99. The summed E-state index contributed by atoms with van der Waals surface area (Å²) in [6.45, 7) is 2.48. The summed E-state index contributed by atoms with van der Waals surface area (Å²) in [5.74, 6) is 1.24. The van der Waals surface area contributed by atoms with Crippen LogP contribution < -0.4 is 11.1 Å². The molecule has 0 amide bonds. The van der Waals surface area contributed by atoms with Crippen LogP contribution in [0.5, 0.6) is 0 Å². The third kappa shape index (κ3) is 2.20. The van der Waals surface area contributed by atoms with E-state index in [1.54, 1.807) is 12.4 Å². The van der Waals surface area contributed by atoms with Crippen molar-refractivity contribution in [3.05, 3.63) is 12.4 Å². The molecule has 2 unspecified atom stereocenters. The fourth-order valence-corrected chi connectivity index (χ4v) is 3.01. The van der Waals surface area contributed by atoms with Crippen LogP contribution in [-0.4, -0.2) is 40.0 Å². The Morgan fingerprint density at radius 3 is 3.00 bits per heavy atom. The van der Waals surface area contributed by atoms with Gasteiger partial charge in [-0.2, -0.15) is 0 Å². The van der Waals surface area contributed by atoms with E-state index in [-0.39, 0.29) is 0 Å². The average molecular weight is 233 g/mol. The molecule has 92 valence electrons. The molecule has 1 aromatic heterocycles. The van der Waals surface area contributed by atoms with Crippen molar-refractivity contribution in [1.82, 2.24) is 14.9 Å². The lowest BCUT2D eigenvalue weighted by Crippen LogP contribution is -2.42. The van der Waals surface area contributed by atoms with Gasteiger partial charge in [-0.15, -0.1) is 0 Å². The molecule has 2 aliphatic heterocycles. The van der Waals surface area contributed by atoms with E-state index in [0.717, 1.165) is 11.9 Å². The van der Waals surface area contributed by atoms with E-state index in [9.17, 15) is 0 Å². The Morgan fingerprint density at radius 1 is 1.24 bits per heavy atom. The van der Waals surface area contributed by atoms with Crippen LogP contribution in [0.2, 0.25) is 0 Å². The monoisotopic (exact) mass is 233 g/mol. The molecule has 0 aliphatic carbocycles. The molecule has 0 saturated carbocycles. The van der Waals surface area contributed by atoms with Crippen molar-refractivity contribution in [2.24, 2.45) is 0 Å². The minimum atomic E-state index is 0.494. The average Bonchev–Trinajstić information content (AvgIpc) is 2.79. The highest BCUT2D eigenvalue weighted by atomic mass is 15.2. The largest absolute Gasteiger partial charge is 0.381 e. The van der Waals surface area contributed by atoms with Crippen LogP contribution in [0.1, 0.15) is 25.7 Å². The Morgan fingerprint density at radius 2 is 2.12 bits per heavy atom. The van der Waals surface area contributed by atoms with E-state index in [1.807, 2.05) is 0 Å². The first kappa shape index (κ1) is 10.8. The first-order chi connectivity index (χ1) is 8.33. The molecule has 0 radical (unpaired) electrons. The minimum Gasteiger partial charge on any atom is -0.381 e.